The number of nitrogens with one attached hydrogen (secondary N) is 3. The lowest BCUT2D eigenvalue weighted by molar-refractivity contribution is -0.121. The van der Waals surface area contributed by atoms with Crippen LogP contribution in [0.15, 0.2) is 71.6 Å². The zero-order chi connectivity index (χ0) is 34.9. The second-order valence-electron chi connectivity index (χ2n) is 12.4. The first-order chi connectivity index (χ1) is 22.7. The molecule has 3 N–H and O–H groups in total. The van der Waals surface area contributed by atoms with E-state index in [0.29, 0.717) is 36.3 Å². The highest BCUT2D eigenvalue weighted by Crippen LogP contribution is 2.36. The van der Waals surface area contributed by atoms with Crippen LogP contribution >= 0.6 is 23.2 Å². The molecule has 14 heteroatoms. The maximum absolute atomic E-state index is 13.1. The molecule has 0 unspecified atom stereocenters. The van der Waals surface area contributed by atoms with Crippen LogP contribution in [0.5, 0.6) is 11.5 Å². The number of sulfonamides is 1. The van der Waals surface area contributed by atoms with Crippen LogP contribution < -0.4 is 20.1 Å². The number of piperidine rings is 1. The molecule has 0 saturated carbocycles. The Labute approximate surface area is 291 Å². The lowest BCUT2D eigenvalue weighted by Crippen LogP contribution is -2.42. The first-order valence-corrected chi connectivity index (χ1v) is 17.8. The van der Waals surface area contributed by atoms with Gasteiger partial charge in [-0.2, -0.15) is 0 Å². The van der Waals surface area contributed by atoms with E-state index >= 15 is 0 Å². The number of carbonyl (C=O) groups excluding carboxylic acids is 3. The van der Waals surface area contributed by atoms with Gasteiger partial charge in [-0.3, -0.25) is 14.3 Å². The minimum absolute atomic E-state index is 0.0618. The first kappa shape index (κ1) is 36.8. The van der Waals surface area contributed by atoms with Gasteiger partial charge in [0.05, 0.1) is 15.6 Å². The summed E-state index contributed by atoms with van der Waals surface area (Å²) in [4.78, 5) is 38.8. The zero-order valence-corrected chi connectivity index (χ0v) is 29.4. The van der Waals surface area contributed by atoms with Crippen LogP contribution in [0.25, 0.3) is 0 Å². The van der Waals surface area contributed by atoms with Crippen molar-refractivity contribution in [3.63, 3.8) is 0 Å². The molecule has 1 aliphatic heterocycles. The van der Waals surface area contributed by atoms with Gasteiger partial charge in [0, 0.05) is 43.2 Å². The van der Waals surface area contributed by atoms with Gasteiger partial charge in [-0.05, 0) is 101 Å². The largest absolute Gasteiger partial charge is 0.454 e. The number of hydrogen-bond donors (Lipinski definition) is 3. The molecule has 1 heterocycles. The highest BCUT2D eigenvalue weighted by Gasteiger charge is 2.27. The third kappa shape index (κ3) is 11.0. The van der Waals surface area contributed by atoms with Crippen molar-refractivity contribution < 1.29 is 32.3 Å². The van der Waals surface area contributed by atoms with Crippen molar-refractivity contribution in [2.24, 2.45) is 5.92 Å². The summed E-state index contributed by atoms with van der Waals surface area (Å²) >= 11 is 12.2. The molecule has 1 aliphatic rings. The lowest BCUT2D eigenvalue weighted by atomic mass is 9.94. The van der Waals surface area contributed by atoms with E-state index in [4.69, 9.17) is 32.7 Å². The SMILES string of the molecule is CC(C)(C)OC(=O)N1CCC(CCNC(=O)CCNC(=O)c2ccc(S(=O)(=O)Nc3ccccc3Oc3ccc(Cl)cc3Cl)cc2)CC1. The average Bonchev–Trinajstić information content (AvgIpc) is 3.02. The number of hydrogen-bond acceptors (Lipinski definition) is 7. The molecule has 0 bridgehead atoms. The molecule has 0 radical (unpaired) electrons. The molecule has 0 aliphatic carbocycles. The number of ether oxygens (including phenoxy) is 2. The number of nitrogens with zero attached hydrogens (tertiary/aromatic N) is 1. The van der Waals surface area contributed by atoms with E-state index in [1.54, 1.807) is 41.3 Å². The van der Waals surface area contributed by atoms with Gasteiger partial charge in [0.25, 0.3) is 15.9 Å². The molecule has 4 rings (SSSR count). The van der Waals surface area contributed by atoms with E-state index in [1.165, 1.54) is 30.3 Å². The Morgan fingerprint density at radius 3 is 2.25 bits per heavy atom. The molecular formula is C34H40Cl2N4O7S. The molecule has 3 amide bonds. The van der Waals surface area contributed by atoms with Gasteiger partial charge < -0.3 is 25.0 Å². The topological polar surface area (TPSA) is 143 Å². The monoisotopic (exact) mass is 718 g/mol. The minimum atomic E-state index is -4.04. The van der Waals surface area contributed by atoms with E-state index in [-0.39, 0.29) is 51.9 Å². The first-order valence-electron chi connectivity index (χ1n) is 15.6. The van der Waals surface area contributed by atoms with Crippen LogP contribution in [0.2, 0.25) is 10.0 Å². The van der Waals surface area contributed by atoms with Crippen molar-refractivity contribution in [1.82, 2.24) is 15.5 Å². The lowest BCUT2D eigenvalue weighted by Gasteiger charge is -2.33. The molecule has 0 spiro atoms. The number of carbonyl (C=O) groups is 3. The summed E-state index contributed by atoms with van der Waals surface area (Å²) in [6, 6.07) is 16.6. The van der Waals surface area contributed by atoms with Crippen LogP contribution in [-0.4, -0.2) is 63.0 Å². The molecule has 1 fully saturated rings. The molecule has 3 aromatic rings. The summed E-state index contributed by atoms with van der Waals surface area (Å²) in [6.45, 7) is 7.43. The van der Waals surface area contributed by atoms with Crippen molar-refractivity contribution in [3.05, 3.63) is 82.3 Å². The number of anilines is 1. The number of halogens is 2. The van der Waals surface area contributed by atoms with Gasteiger partial charge in [-0.1, -0.05) is 35.3 Å². The summed E-state index contributed by atoms with van der Waals surface area (Å²) in [6.07, 6.45) is 2.31. The number of likely N-dealkylation sites (tertiary alicyclic amines) is 1. The average molecular weight is 720 g/mol. The number of benzene rings is 3. The Morgan fingerprint density at radius 1 is 0.896 bits per heavy atom. The molecule has 1 saturated heterocycles. The van der Waals surface area contributed by atoms with Crippen molar-refractivity contribution in [2.45, 2.75) is 57.0 Å². The van der Waals surface area contributed by atoms with E-state index < -0.39 is 21.5 Å². The van der Waals surface area contributed by atoms with Gasteiger partial charge in [-0.25, -0.2) is 13.2 Å². The molecule has 11 nitrogen and oxygen atoms in total. The highest BCUT2D eigenvalue weighted by atomic mass is 35.5. The summed E-state index contributed by atoms with van der Waals surface area (Å²) < 4.78 is 40.1. The van der Waals surface area contributed by atoms with Crippen molar-refractivity contribution in [1.29, 1.82) is 0 Å². The second-order valence-corrected chi connectivity index (χ2v) is 14.9. The summed E-state index contributed by atoms with van der Waals surface area (Å²) in [5.74, 6) is 0.314. The Kier molecular flexibility index (Phi) is 12.6. The fourth-order valence-electron chi connectivity index (χ4n) is 4.93. The number of para-hydroxylation sites is 2. The van der Waals surface area contributed by atoms with Gasteiger partial charge >= 0.3 is 6.09 Å². The van der Waals surface area contributed by atoms with Gasteiger partial charge in [0.1, 0.15) is 11.4 Å². The molecule has 0 atom stereocenters. The van der Waals surface area contributed by atoms with E-state index in [9.17, 15) is 22.8 Å². The molecule has 48 heavy (non-hydrogen) atoms. The summed E-state index contributed by atoms with van der Waals surface area (Å²) in [5.41, 5.74) is -0.0928. The Morgan fingerprint density at radius 2 is 1.58 bits per heavy atom. The maximum Gasteiger partial charge on any atom is 0.410 e. The molecule has 0 aromatic heterocycles. The normalized spacial score (nSPS) is 13.8. The van der Waals surface area contributed by atoms with E-state index in [1.807, 2.05) is 20.8 Å². The van der Waals surface area contributed by atoms with Crippen LogP contribution in [0.1, 0.15) is 56.8 Å². The third-order valence-corrected chi connectivity index (χ3v) is 9.36. The predicted octanol–water partition coefficient (Wildman–Crippen LogP) is 6.86. The molecular weight excluding hydrogens is 679 g/mol. The Bertz CT molecular complexity index is 1710. The standard InChI is InChI=1S/C34H40Cl2N4O7S/c1-34(2,3)47-33(43)40-20-16-23(17-21-40)14-18-37-31(41)15-19-38-32(42)24-8-11-26(12-9-24)48(44,45)39-28-6-4-5-7-30(28)46-29-13-10-25(35)22-27(29)36/h4-13,22-23,39H,14-21H2,1-3H3,(H,37,41)(H,38,42). The van der Waals surface area contributed by atoms with Crippen molar-refractivity contribution in [3.8, 4) is 11.5 Å². The molecule has 3 aromatic carbocycles. The number of amides is 3. The minimum Gasteiger partial charge on any atom is -0.454 e. The van der Waals surface area contributed by atoms with Crippen LogP contribution in [0.4, 0.5) is 10.5 Å². The maximum atomic E-state index is 13.1. The highest BCUT2D eigenvalue weighted by molar-refractivity contribution is 7.92. The van der Waals surface area contributed by atoms with Crippen LogP contribution in [0.3, 0.4) is 0 Å². The van der Waals surface area contributed by atoms with Gasteiger partial charge in [0.15, 0.2) is 5.75 Å². The van der Waals surface area contributed by atoms with Gasteiger partial charge in [-0.15, -0.1) is 0 Å². The number of rotatable bonds is 12. The van der Waals surface area contributed by atoms with Crippen LogP contribution in [0, 0.1) is 5.92 Å². The smallest absolute Gasteiger partial charge is 0.410 e. The van der Waals surface area contributed by atoms with E-state index in [0.717, 1.165) is 19.3 Å². The third-order valence-electron chi connectivity index (χ3n) is 7.45. The quantitative estimate of drug-likeness (QED) is 0.186. The summed E-state index contributed by atoms with van der Waals surface area (Å²) in [7, 11) is -4.04. The van der Waals surface area contributed by atoms with Gasteiger partial charge in [0.2, 0.25) is 5.91 Å². The molecule has 258 valence electrons. The van der Waals surface area contributed by atoms with Crippen molar-refractivity contribution in [2.75, 3.05) is 30.9 Å². The predicted molar refractivity (Wildman–Crippen MR) is 185 cm³/mol. The zero-order valence-electron chi connectivity index (χ0n) is 27.1. The second kappa shape index (κ2) is 16.4. The Balaban J connectivity index is 1.19. The fourth-order valence-corrected chi connectivity index (χ4v) is 6.45. The van der Waals surface area contributed by atoms with Crippen molar-refractivity contribution >= 4 is 56.8 Å². The van der Waals surface area contributed by atoms with Crippen LogP contribution in [-0.2, 0) is 19.6 Å². The van der Waals surface area contributed by atoms with E-state index in [2.05, 4.69) is 15.4 Å². The Hall–Kier alpha value is -4.00. The fraction of sp³-hybridized carbons (Fsp3) is 0.382. The summed E-state index contributed by atoms with van der Waals surface area (Å²) in [5, 5.41) is 6.27.